The molecule has 2 heteroatoms. The van der Waals surface area contributed by atoms with E-state index in [0.717, 1.165) is 22.9 Å². The minimum Gasteiger partial charge on any atom is -0.453 e. The van der Waals surface area contributed by atoms with Crippen molar-refractivity contribution in [1.82, 2.24) is 5.32 Å². The predicted molar refractivity (Wildman–Crippen MR) is 98.8 cm³/mol. The highest BCUT2D eigenvalue weighted by Gasteiger charge is 2.26. The minimum absolute atomic E-state index is 0.621. The maximum absolute atomic E-state index is 6.15. The van der Waals surface area contributed by atoms with Crippen LogP contribution in [0.1, 0.15) is 68.4 Å². The van der Waals surface area contributed by atoms with E-state index in [1.54, 1.807) is 0 Å². The number of aryl methyl sites for hydroxylation is 1. The molecule has 125 valence electrons. The minimum atomic E-state index is 0.621. The van der Waals surface area contributed by atoms with Crippen LogP contribution in [0.5, 0.6) is 11.5 Å². The summed E-state index contributed by atoms with van der Waals surface area (Å²) in [5.41, 5.74) is 4.84. The smallest absolute Gasteiger partial charge is 0.153 e. The molecule has 1 saturated carbocycles. The van der Waals surface area contributed by atoms with E-state index < -0.39 is 0 Å². The largest absolute Gasteiger partial charge is 0.453 e. The van der Waals surface area contributed by atoms with Crippen molar-refractivity contribution in [3.63, 3.8) is 0 Å². The second-order valence-corrected chi connectivity index (χ2v) is 7.22. The lowest BCUT2D eigenvalue weighted by atomic mass is 9.85. The molecule has 0 atom stereocenters. The molecular formula is C22H26NO. The third kappa shape index (κ3) is 3.02. The van der Waals surface area contributed by atoms with E-state index in [1.165, 1.54) is 62.5 Å². The van der Waals surface area contributed by atoms with Gasteiger partial charge in [0.15, 0.2) is 11.5 Å². The first-order chi connectivity index (χ1) is 11.8. The summed E-state index contributed by atoms with van der Waals surface area (Å²) in [5, 5.41) is 5.00. The fraction of sp³-hybridized carbons (Fsp3) is 0.455. The number of rotatable bonds is 1. The van der Waals surface area contributed by atoms with Gasteiger partial charge in [0, 0.05) is 0 Å². The SMILES string of the molecule is Cc1ccc2c(c1C1CCCCCCCC1)[N]c1ccccc1O2. The van der Waals surface area contributed by atoms with Crippen LogP contribution in [0, 0.1) is 6.92 Å². The van der Waals surface area contributed by atoms with Crippen molar-refractivity contribution in [1.29, 1.82) is 0 Å². The van der Waals surface area contributed by atoms with Gasteiger partial charge in [0.2, 0.25) is 0 Å². The average molecular weight is 320 g/mol. The number of benzene rings is 2. The van der Waals surface area contributed by atoms with Gasteiger partial charge in [-0.25, -0.2) is 5.32 Å². The average Bonchev–Trinajstić information content (AvgIpc) is 2.74. The first-order valence-corrected chi connectivity index (χ1v) is 9.45. The maximum atomic E-state index is 6.15. The molecule has 24 heavy (non-hydrogen) atoms. The number of fused-ring (bicyclic) bond motifs is 2. The summed E-state index contributed by atoms with van der Waals surface area (Å²) in [4.78, 5) is 0. The normalized spacial score (nSPS) is 18.2. The zero-order valence-electron chi connectivity index (χ0n) is 14.6. The Hall–Kier alpha value is -1.96. The van der Waals surface area contributed by atoms with Gasteiger partial charge >= 0.3 is 0 Å². The van der Waals surface area contributed by atoms with Crippen molar-refractivity contribution in [3.8, 4) is 11.5 Å². The number of nitrogens with zero attached hydrogens (tertiary/aromatic N) is 1. The standard InChI is InChI=1S/C22H26NO/c1-16-14-15-20-22(23-18-12-8-9-13-19(18)24-20)21(16)17-10-6-4-2-3-5-7-11-17/h8-9,12-15,17H,2-7,10-11H2,1H3. The fourth-order valence-electron chi connectivity index (χ4n) is 4.20. The fourth-order valence-corrected chi connectivity index (χ4v) is 4.20. The summed E-state index contributed by atoms with van der Waals surface area (Å²) in [6.45, 7) is 2.23. The zero-order chi connectivity index (χ0) is 16.4. The molecule has 1 radical (unpaired) electrons. The third-order valence-electron chi connectivity index (χ3n) is 5.48. The van der Waals surface area contributed by atoms with E-state index in [4.69, 9.17) is 10.1 Å². The molecule has 0 saturated heterocycles. The van der Waals surface area contributed by atoms with Crippen LogP contribution in [0.3, 0.4) is 0 Å². The van der Waals surface area contributed by atoms with Crippen molar-refractivity contribution in [3.05, 3.63) is 47.5 Å². The Morgan fingerprint density at radius 2 is 1.54 bits per heavy atom. The second kappa shape index (κ2) is 6.88. The van der Waals surface area contributed by atoms with Crippen LogP contribution in [0.2, 0.25) is 0 Å². The van der Waals surface area contributed by atoms with E-state index in [1.807, 2.05) is 24.3 Å². The van der Waals surface area contributed by atoms with Crippen LogP contribution in [0.15, 0.2) is 36.4 Å². The molecule has 0 amide bonds. The van der Waals surface area contributed by atoms with Crippen LogP contribution in [-0.4, -0.2) is 0 Å². The van der Waals surface area contributed by atoms with E-state index in [0.29, 0.717) is 5.92 Å². The van der Waals surface area contributed by atoms with Gasteiger partial charge in [-0.15, -0.1) is 0 Å². The molecule has 4 rings (SSSR count). The Bertz CT molecular complexity index is 712. The molecule has 1 fully saturated rings. The molecule has 2 aliphatic rings. The monoisotopic (exact) mass is 320 g/mol. The molecule has 0 aromatic heterocycles. The van der Waals surface area contributed by atoms with Gasteiger partial charge in [-0.1, -0.05) is 56.7 Å². The first kappa shape index (κ1) is 15.6. The van der Waals surface area contributed by atoms with E-state index in [-0.39, 0.29) is 0 Å². The van der Waals surface area contributed by atoms with Gasteiger partial charge < -0.3 is 4.74 Å². The number of hydrogen-bond acceptors (Lipinski definition) is 1. The van der Waals surface area contributed by atoms with Crippen LogP contribution < -0.4 is 10.1 Å². The summed E-state index contributed by atoms with van der Waals surface area (Å²) < 4.78 is 6.15. The Kier molecular flexibility index (Phi) is 4.46. The number of hydrogen-bond donors (Lipinski definition) is 0. The molecule has 0 N–H and O–H groups in total. The van der Waals surface area contributed by atoms with Crippen LogP contribution >= 0.6 is 0 Å². The Labute approximate surface area is 145 Å². The van der Waals surface area contributed by atoms with Crippen molar-refractivity contribution in [2.24, 2.45) is 0 Å². The lowest BCUT2D eigenvalue weighted by Crippen LogP contribution is -2.10. The molecule has 2 nitrogen and oxygen atoms in total. The van der Waals surface area contributed by atoms with Gasteiger partial charge in [0.1, 0.15) is 11.4 Å². The van der Waals surface area contributed by atoms with Gasteiger partial charge in [-0.2, -0.15) is 0 Å². The van der Waals surface area contributed by atoms with Crippen molar-refractivity contribution < 1.29 is 4.74 Å². The first-order valence-electron chi connectivity index (χ1n) is 9.45. The van der Waals surface area contributed by atoms with E-state index in [2.05, 4.69) is 19.1 Å². The molecule has 0 bridgehead atoms. The summed E-state index contributed by atoms with van der Waals surface area (Å²) in [5.74, 6) is 2.42. The van der Waals surface area contributed by atoms with Crippen molar-refractivity contribution in [2.75, 3.05) is 0 Å². The highest BCUT2D eigenvalue weighted by atomic mass is 16.5. The summed E-state index contributed by atoms with van der Waals surface area (Å²) >= 11 is 0. The molecular weight excluding hydrogens is 294 g/mol. The van der Waals surface area contributed by atoms with Gasteiger partial charge in [0.25, 0.3) is 0 Å². The Morgan fingerprint density at radius 3 is 2.33 bits per heavy atom. The van der Waals surface area contributed by atoms with Crippen LogP contribution in [-0.2, 0) is 0 Å². The summed E-state index contributed by atoms with van der Waals surface area (Å²) in [6, 6.07) is 12.4. The quantitative estimate of drug-likeness (QED) is 0.479. The Balaban J connectivity index is 1.71. The molecule has 1 heterocycles. The lowest BCUT2D eigenvalue weighted by Gasteiger charge is -2.27. The molecule has 1 aliphatic carbocycles. The van der Waals surface area contributed by atoms with Gasteiger partial charge in [-0.05, 0) is 55.0 Å². The van der Waals surface area contributed by atoms with Crippen molar-refractivity contribution >= 4 is 11.4 Å². The second-order valence-electron chi connectivity index (χ2n) is 7.22. The van der Waals surface area contributed by atoms with E-state index in [9.17, 15) is 0 Å². The summed E-state index contributed by atoms with van der Waals surface area (Å²) in [6.07, 6.45) is 10.8. The predicted octanol–water partition coefficient (Wildman–Crippen LogP) is 6.89. The van der Waals surface area contributed by atoms with Crippen LogP contribution in [0.25, 0.3) is 0 Å². The van der Waals surface area contributed by atoms with Gasteiger partial charge in [0.05, 0.1) is 0 Å². The molecule has 2 aromatic carbocycles. The highest BCUT2D eigenvalue weighted by molar-refractivity contribution is 5.72. The number of ether oxygens (including phenoxy) is 1. The molecule has 1 aliphatic heterocycles. The zero-order valence-corrected chi connectivity index (χ0v) is 14.6. The van der Waals surface area contributed by atoms with Crippen molar-refractivity contribution in [2.45, 2.75) is 64.2 Å². The molecule has 0 spiro atoms. The topological polar surface area (TPSA) is 23.3 Å². The lowest BCUT2D eigenvalue weighted by molar-refractivity contribution is 0.465. The summed E-state index contributed by atoms with van der Waals surface area (Å²) in [7, 11) is 0. The molecule has 0 unspecified atom stereocenters. The number of para-hydroxylation sites is 2. The maximum Gasteiger partial charge on any atom is 0.153 e. The van der Waals surface area contributed by atoms with E-state index >= 15 is 0 Å². The third-order valence-corrected chi connectivity index (χ3v) is 5.48. The Morgan fingerprint density at radius 1 is 0.833 bits per heavy atom. The van der Waals surface area contributed by atoms with Gasteiger partial charge in [-0.3, -0.25) is 0 Å². The van der Waals surface area contributed by atoms with Crippen LogP contribution in [0.4, 0.5) is 11.4 Å². The molecule has 2 aromatic rings. The highest BCUT2D eigenvalue weighted by Crippen LogP contribution is 2.48.